The van der Waals surface area contributed by atoms with Gasteiger partial charge in [0.2, 0.25) is 15.9 Å². The summed E-state index contributed by atoms with van der Waals surface area (Å²) in [5, 5.41) is 4.53. The zero-order valence-corrected chi connectivity index (χ0v) is 13.4. The number of sulfonamides is 1. The van der Waals surface area contributed by atoms with Crippen LogP contribution in [0.4, 0.5) is 15.8 Å². The second-order valence-corrected chi connectivity index (χ2v) is 7.47. The number of rotatable bonds is 6. The number of benzene rings is 1. The Balaban J connectivity index is 2.06. The highest BCUT2D eigenvalue weighted by Crippen LogP contribution is 2.24. The molecule has 1 heterocycles. The molecule has 8 heteroatoms. The number of thiophene rings is 1. The van der Waals surface area contributed by atoms with Crippen LogP contribution in [-0.4, -0.2) is 20.6 Å². The number of amides is 1. The second kappa shape index (κ2) is 6.89. The van der Waals surface area contributed by atoms with Crippen LogP contribution >= 0.6 is 11.3 Å². The number of nitrogens with one attached hydrogen (secondary N) is 2. The van der Waals surface area contributed by atoms with Crippen LogP contribution in [0.15, 0.2) is 35.7 Å². The lowest BCUT2D eigenvalue weighted by Gasteiger charge is -2.12. The Labute approximate surface area is 132 Å². The van der Waals surface area contributed by atoms with Crippen molar-refractivity contribution in [2.24, 2.45) is 0 Å². The number of anilines is 2. The monoisotopic (exact) mass is 342 g/mol. The van der Waals surface area contributed by atoms with Gasteiger partial charge in [0.25, 0.3) is 0 Å². The van der Waals surface area contributed by atoms with E-state index in [1.807, 2.05) is 17.5 Å². The number of aryl methyl sites for hydroxylation is 1. The molecule has 2 rings (SSSR count). The maximum Gasteiger partial charge on any atom is 0.229 e. The molecule has 0 radical (unpaired) electrons. The first-order valence-corrected chi connectivity index (χ1v) is 9.20. The van der Waals surface area contributed by atoms with Crippen molar-refractivity contribution in [2.45, 2.75) is 12.8 Å². The third-order valence-corrected chi connectivity index (χ3v) is 4.26. The Kier molecular flexibility index (Phi) is 5.15. The fraction of sp³-hybridized carbons (Fsp3) is 0.214. The van der Waals surface area contributed by atoms with E-state index in [1.165, 1.54) is 6.07 Å². The van der Waals surface area contributed by atoms with Gasteiger partial charge in [-0.1, -0.05) is 6.07 Å². The molecule has 0 aliphatic carbocycles. The predicted molar refractivity (Wildman–Crippen MR) is 86.1 cm³/mol. The van der Waals surface area contributed by atoms with Crippen LogP contribution in [0.1, 0.15) is 11.3 Å². The van der Waals surface area contributed by atoms with E-state index < -0.39 is 15.8 Å². The molecule has 0 aliphatic heterocycles. The van der Waals surface area contributed by atoms with Crippen molar-refractivity contribution in [3.05, 3.63) is 46.4 Å². The molecular formula is C14H15FN2O3S2. The number of halogens is 1. The summed E-state index contributed by atoms with van der Waals surface area (Å²) >= 11 is 1.56. The molecule has 1 aromatic carbocycles. The summed E-state index contributed by atoms with van der Waals surface area (Å²) in [5.41, 5.74) is 0.231. The van der Waals surface area contributed by atoms with Gasteiger partial charge in [0, 0.05) is 17.4 Å². The molecule has 1 aromatic heterocycles. The molecule has 0 saturated heterocycles. The molecule has 0 unspecified atom stereocenters. The van der Waals surface area contributed by atoms with Gasteiger partial charge in [-0.3, -0.25) is 9.52 Å². The molecule has 118 valence electrons. The van der Waals surface area contributed by atoms with E-state index in [4.69, 9.17) is 0 Å². The molecule has 0 saturated carbocycles. The smallest absolute Gasteiger partial charge is 0.229 e. The molecule has 2 N–H and O–H groups in total. The molecule has 0 spiro atoms. The average molecular weight is 342 g/mol. The third kappa shape index (κ3) is 5.12. The topological polar surface area (TPSA) is 75.3 Å². The maximum atomic E-state index is 13.2. The Morgan fingerprint density at radius 2 is 2.05 bits per heavy atom. The maximum absolute atomic E-state index is 13.2. The minimum absolute atomic E-state index is 0.00646. The Bertz CT molecular complexity index is 758. The molecule has 1 amide bonds. The van der Waals surface area contributed by atoms with Crippen LogP contribution < -0.4 is 10.0 Å². The summed E-state index contributed by atoms with van der Waals surface area (Å²) < 4.78 is 38.0. The van der Waals surface area contributed by atoms with Gasteiger partial charge in [0.05, 0.1) is 17.6 Å². The van der Waals surface area contributed by atoms with E-state index in [0.717, 1.165) is 23.3 Å². The number of carbonyl (C=O) groups is 1. The van der Waals surface area contributed by atoms with E-state index in [9.17, 15) is 17.6 Å². The first-order valence-electron chi connectivity index (χ1n) is 6.43. The standard InChI is InChI=1S/C14H15FN2O3S2/c1-22(19,20)17-13-9-10(15)4-6-12(13)16-14(18)7-5-11-3-2-8-21-11/h2-4,6,8-9,17H,5,7H2,1H3,(H,16,18). The van der Waals surface area contributed by atoms with Gasteiger partial charge in [-0.15, -0.1) is 11.3 Å². The molecule has 22 heavy (non-hydrogen) atoms. The Morgan fingerprint density at radius 3 is 2.68 bits per heavy atom. The quantitative estimate of drug-likeness (QED) is 0.847. The van der Waals surface area contributed by atoms with Gasteiger partial charge in [-0.05, 0) is 30.0 Å². The summed E-state index contributed by atoms with van der Waals surface area (Å²) in [5.74, 6) is -0.862. The zero-order valence-electron chi connectivity index (χ0n) is 11.8. The van der Waals surface area contributed by atoms with Crippen LogP contribution in [0.25, 0.3) is 0 Å². The first kappa shape index (κ1) is 16.4. The highest BCUT2D eigenvalue weighted by molar-refractivity contribution is 7.92. The van der Waals surface area contributed by atoms with Crippen LogP contribution in [0.2, 0.25) is 0 Å². The lowest BCUT2D eigenvalue weighted by Crippen LogP contribution is -2.16. The van der Waals surface area contributed by atoms with E-state index in [0.29, 0.717) is 6.42 Å². The fourth-order valence-electron chi connectivity index (χ4n) is 1.81. The van der Waals surface area contributed by atoms with E-state index >= 15 is 0 Å². The number of hydrogen-bond acceptors (Lipinski definition) is 4. The SMILES string of the molecule is CS(=O)(=O)Nc1cc(F)ccc1NC(=O)CCc1cccs1. The highest BCUT2D eigenvalue weighted by atomic mass is 32.2. The largest absolute Gasteiger partial charge is 0.324 e. The summed E-state index contributed by atoms with van der Waals surface area (Å²) in [7, 11) is -3.57. The van der Waals surface area contributed by atoms with Crippen molar-refractivity contribution in [1.82, 2.24) is 0 Å². The Hall–Kier alpha value is -1.93. The fourth-order valence-corrected chi connectivity index (χ4v) is 3.09. The van der Waals surface area contributed by atoms with Gasteiger partial charge >= 0.3 is 0 Å². The Morgan fingerprint density at radius 1 is 1.27 bits per heavy atom. The highest BCUT2D eigenvalue weighted by Gasteiger charge is 2.12. The second-order valence-electron chi connectivity index (χ2n) is 4.69. The van der Waals surface area contributed by atoms with Crippen LogP contribution in [-0.2, 0) is 21.2 Å². The zero-order chi connectivity index (χ0) is 16.2. The van der Waals surface area contributed by atoms with Crippen LogP contribution in [0.3, 0.4) is 0 Å². The van der Waals surface area contributed by atoms with Crippen LogP contribution in [0.5, 0.6) is 0 Å². The van der Waals surface area contributed by atoms with Crippen molar-refractivity contribution in [3.8, 4) is 0 Å². The molecular weight excluding hydrogens is 327 g/mol. The summed E-state index contributed by atoms with van der Waals surface area (Å²) in [6.45, 7) is 0. The van der Waals surface area contributed by atoms with E-state index in [2.05, 4.69) is 10.0 Å². The summed E-state index contributed by atoms with van der Waals surface area (Å²) in [4.78, 5) is 13.0. The van der Waals surface area contributed by atoms with Crippen molar-refractivity contribution in [1.29, 1.82) is 0 Å². The van der Waals surface area contributed by atoms with Gasteiger partial charge in [0.1, 0.15) is 5.82 Å². The van der Waals surface area contributed by atoms with Crippen LogP contribution in [0, 0.1) is 5.82 Å². The lowest BCUT2D eigenvalue weighted by molar-refractivity contribution is -0.116. The predicted octanol–water partition coefficient (Wildman–Crippen LogP) is 2.83. The third-order valence-electron chi connectivity index (χ3n) is 2.73. The van der Waals surface area contributed by atoms with Gasteiger partial charge in [-0.25, -0.2) is 12.8 Å². The minimum Gasteiger partial charge on any atom is -0.324 e. The number of hydrogen-bond donors (Lipinski definition) is 2. The van der Waals surface area contributed by atoms with E-state index in [1.54, 1.807) is 11.3 Å². The molecule has 0 atom stereocenters. The van der Waals surface area contributed by atoms with Crippen molar-refractivity contribution in [3.63, 3.8) is 0 Å². The van der Waals surface area contributed by atoms with Crippen molar-refractivity contribution >= 4 is 38.6 Å². The normalized spacial score (nSPS) is 11.2. The first-order chi connectivity index (χ1) is 10.3. The molecule has 0 bridgehead atoms. The van der Waals surface area contributed by atoms with Crippen molar-refractivity contribution in [2.75, 3.05) is 16.3 Å². The summed E-state index contributed by atoms with van der Waals surface area (Å²) in [6.07, 6.45) is 1.82. The summed E-state index contributed by atoms with van der Waals surface area (Å²) in [6, 6.07) is 7.35. The molecule has 5 nitrogen and oxygen atoms in total. The molecule has 0 fully saturated rings. The minimum atomic E-state index is -3.57. The molecule has 2 aromatic rings. The van der Waals surface area contributed by atoms with Gasteiger partial charge in [-0.2, -0.15) is 0 Å². The average Bonchev–Trinajstić information content (AvgIpc) is 2.91. The lowest BCUT2D eigenvalue weighted by atomic mass is 10.2. The van der Waals surface area contributed by atoms with Gasteiger partial charge in [0.15, 0.2) is 0 Å². The van der Waals surface area contributed by atoms with Crippen molar-refractivity contribution < 1.29 is 17.6 Å². The number of carbonyl (C=O) groups excluding carboxylic acids is 1. The van der Waals surface area contributed by atoms with E-state index in [-0.39, 0.29) is 23.7 Å². The van der Waals surface area contributed by atoms with Gasteiger partial charge < -0.3 is 5.32 Å². The molecule has 0 aliphatic rings.